The Hall–Kier alpha value is 0.660. The molecule has 0 radical (unpaired) electrons. The van der Waals surface area contributed by atoms with Crippen LogP contribution in [0.4, 0.5) is 0 Å². The first kappa shape index (κ1) is 15.7. The molecule has 0 saturated carbocycles. The van der Waals surface area contributed by atoms with Gasteiger partial charge in [0.05, 0.1) is 0 Å². The van der Waals surface area contributed by atoms with Crippen molar-refractivity contribution in [1.29, 1.82) is 0 Å². The molecule has 102 valence electrons. The number of rotatable bonds is 7. The minimum atomic E-state index is 0.467. The Balaban J connectivity index is 2.57. The van der Waals surface area contributed by atoms with E-state index in [1.54, 1.807) is 0 Å². The van der Waals surface area contributed by atoms with Gasteiger partial charge in [-0.1, -0.05) is 33.6 Å². The van der Waals surface area contributed by atoms with Crippen molar-refractivity contribution in [3.05, 3.63) is 0 Å². The predicted molar refractivity (Wildman–Crippen MR) is 84.5 cm³/mol. The molecule has 0 N–H and O–H groups in total. The van der Waals surface area contributed by atoms with Gasteiger partial charge in [0.15, 0.2) is 0 Å². The molecule has 0 aromatic rings. The first-order chi connectivity index (χ1) is 8.15. The van der Waals surface area contributed by atoms with Crippen molar-refractivity contribution in [3.63, 3.8) is 0 Å². The molecule has 1 fully saturated rings. The molecular weight excluding hydrogens is 246 g/mol. The molecule has 0 aromatic carbocycles. The van der Waals surface area contributed by atoms with Crippen LogP contribution in [0.2, 0.25) is 0 Å². The Morgan fingerprint density at radius 3 is 2.41 bits per heavy atom. The van der Waals surface area contributed by atoms with E-state index in [1.807, 2.05) is 0 Å². The second-order valence-corrected chi connectivity index (χ2v) is 7.44. The van der Waals surface area contributed by atoms with E-state index in [-0.39, 0.29) is 0 Å². The lowest BCUT2D eigenvalue weighted by atomic mass is 9.80. The minimum Gasteiger partial charge on any atom is -0.301 e. The molecule has 1 aliphatic heterocycles. The van der Waals surface area contributed by atoms with Gasteiger partial charge in [-0.2, -0.15) is 24.4 Å². The maximum atomic E-state index is 4.66. The highest BCUT2D eigenvalue weighted by Gasteiger charge is 2.30. The molecule has 0 aliphatic carbocycles. The van der Waals surface area contributed by atoms with E-state index in [1.165, 1.54) is 51.1 Å². The quantitative estimate of drug-likeness (QED) is 0.701. The smallest absolute Gasteiger partial charge is 0.0147 e. The van der Waals surface area contributed by atoms with Crippen LogP contribution in [-0.4, -0.2) is 41.3 Å². The van der Waals surface area contributed by atoms with Gasteiger partial charge in [0.25, 0.3) is 0 Å². The van der Waals surface area contributed by atoms with Crippen molar-refractivity contribution >= 4 is 24.4 Å². The van der Waals surface area contributed by atoms with Crippen LogP contribution < -0.4 is 0 Å². The molecule has 17 heavy (non-hydrogen) atoms. The van der Waals surface area contributed by atoms with Crippen LogP contribution >= 0.6 is 24.4 Å². The highest BCUT2D eigenvalue weighted by molar-refractivity contribution is 7.99. The lowest BCUT2D eigenvalue weighted by molar-refractivity contribution is 0.151. The van der Waals surface area contributed by atoms with Gasteiger partial charge >= 0.3 is 0 Å². The van der Waals surface area contributed by atoms with Gasteiger partial charge in [0, 0.05) is 30.6 Å². The molecule has 1 saturated heterocycles. The summed E-state index contributed by atoms with van der Waals surface area (Å²) in [6.07, 6.45) is 5.25. The van der Waals surface area contributed by atoms with E-state index < -0.39 is 0 Å². The lowest BCUT2D eigenvalue weighted by Crippen LogP contribution is -2.45. The fourth-order valence-corrected chi connectivity index (χ4v) is 4.56. The van der Waals surface area contributed by atoms with E-state index in [4.69, 9.17) is 0 Å². The standard InChI is InChI=1S/C14H29NS2/c1-4-6-14(12-16,7-5-2)11-15-8-9-17-13(3)10-15/h13,16H,4-12H2,1-3H3. The van der Waals surface area contributed by atoms with Crippen LogP contribution in [0.15, 0.2) is 0 Å². The molecule has 3 heteroatoms. The normalized spacial score (nSPS) is 22.9. The van der Waals surface area contributed by atoms with Crippen LogP contribution in [-0.2, 0) is 0 Å². The zero-order valence-electron chi connectivity index (χ0n) is 11.7. The first-order valence-corrected chi connectivity index (χ1v) is 8.78. The zero-order valence-corrected chi connectivity index (χ0v) is 13.5. The van der Waals surface area contributed by atoms with Crippen molar-refractivity contribution in [1.82, 2.24) is 4.90 Å². The number of hydrogen-bond donors (Lipinski definition) is 1. The summed E-state index contributed by atoms with van der Waals surface area (Å²) >= 11 is 6.78. The largest absolute Gasteiger partial charge is 0.301 e. The number of nitrogens with zero attached hydrogens (tertiary/aromatic N) is 1. The van der Waals surface area contributed by atoms with Crippen LogP contribution in [0.3, 0.4) is 0 Å². The maximum absolute atomic E-state index is 4.66. The van der Waals surface area contributed by atoms with E-state index in [0.717, 1.165) is 11.0 Å². The molecule has 1 nitrogen and oxygen atoms in total. The molecule has 1 atom stereocenters. The number of thioether (sulfide) groups is 1. The second-order valence-electron chi connectivity index (χ2n) is 5.57. The molecule has 1 aliphatic rings. The molecular formula is C14H29NS2. The molecule has 0 aromatic heterocycles. The third-order valence-electron chi connectivity index (χ3n) is 3.78. The highest BCUT2D eigenvalue weighted by Crippen LogP contribution is 2.33. The molecule has 0 bridgehead atoms. The SMILES string of the molecule is CCCC(CS)(CCC)CN1CCSC(C)C1. The van der Waals surface area contributed by atoms with Crippen LogP contribution in [0.1, 0.15) is 46.5 Å². The Bertz CT molecular complexity index is 202. The molecule has 0 spiro atoms. The summed E-state index contributed by atoms with van der Waals surface area (Å²) in [6.45, 7) is 10.8. The molecule has 1 rings (SSSR count). The maximum Gasteiger partial charge on any atom is 0.0147 e. The number of hydrogen-bond acceptors (Lipinski definition) is 3. The summed E-state index contributed by atoms with van der Waals surface area (Å²) in [4.78, 5) is 2.68. The lowest BCUT2D eigenvalue weighted by Gasteiger charge is -2.40. The van der Waals surface area contributed by atoms with E-state index >= 15 is 0 Å². The Morgan fingerprint density at radius 2 is 1.94 bits per heavy atom. The monoisotopic (exact) mass is 275 g/mol. The highest BCUT2D eigenvalue weighted by atomic mass is 32.2. The van der Waals surface area contributed by atoms with Crippen molar-refractivity contribution < 1.29 is 0 Å². The van der Waals surface area contributed by atoms with E-state index in [9.17, 15) is 0 Å². The fraction of sp³-hybridized carbons (Fsp3) is 1.00. The Morgan fingerprint density at radius 1 is 1.29 bits per heavy atom. The number of thiol groups is 1. The Labute approximate surface area is 118 Å². The molecule has 1 unspecified atom stereocenters. The van der Waals surface area contributed by atoms with Gasteiger partial charge in [-0.25, -0.2) is 0 Å². The summed E-state index contributed by atoms with van der Waals surface area (Å²) in [7, 11) is 0. The van der Waals surface area contributed by atoms with Crippen molar-refractivity contribution in [2.45, 2.75) is 51.7 Å². The van der Waals surface area contributed by atoms with Crippen LogP contribution in [0, 0.1) is 5.41 Å². The van der Waals surface area contributed by atoms with Gasteiger partial charge in [0.2, 0.25) is 0 Å². The fourth-order valence-electron chi connectivity index (χ4n) is 3.06. The molecule has 0 amide bonds. The second kappa shape index (κ2) is 7.96. The van der Waals surface area contributed by atoms with Gasteiger partial charge in [-0.3, -0.25) is 0 Å². The zero-order chi connectivity index (χ0) is 12.7. The molecule has 1 heterocycles. The summed E-state index contributed by atoms with van der Waals surface area (Å²) in [6, 6.07) is 0. The summed E-state index contributed by atoms with van der Waals surface area (Å²) in [5.41, 5.74) is 0.467. The van der Waals surface area contributed by atoms with Gasteiger partial charge in [0.1, 0.15) is 0 Å². The Kier molecular flexibility index (Phi) is 7.36. The van der Waals surface area contributed by atoms with Gasteiger partial charge in [-0.15, -0.1) is 0 Å². The third kappa shape index (κ3) is 5.04. The summed E-state index contributed by atoms with van der Waals surface area (Å²) in [5.74, 6) is 2.36. The van der Waals surface area contributed by atoms with E-state index in [2.05, 4.69) is 50.1 Å². The minimum absolute atomic E-state index is 0.467. The van der Waals surface area contributed by atoms with Gasteiger partial charge in [-0.05, 0) is 24.0 Å². The summed E-state index contributed by atoms with van der Waals surface area (Å²) in [5, 5.41) is 0.810. The van der Waals surface area contributed by atoms with Gasteiger partial charge < -0.3 is 4.90 Å². The van der Waals surface area contributed by atoms with E-state index in [0.29, 0.717) is 5.41 Å². The van der Waals surface area contributed by atoms with Crippen molar-refractivity contribution in [2.75, 3.05) is 31.1 Å². The van der Waals surface area contributed by atoms with Crippen LogP contribution in [0.25, 0.3) is 0 Å². The average Bonchev–Trinajstić information content (AvgIpc) is 2.29. The predicted octanol–water partition coefficient (Wildman–Crippen LogP) is 3.94. The first-order valence-electron chi connectivity index (χ1n) is 7.10. The van der Waals surface area contributed by atoms with Crippen LogP contribution in [0.5, 0.6) is 0 Å². The summed E-state index contributed by atoms with van der Waals surface area (Å²) < 4.78 is 0. The van der Waals surface area contributed by atoms with Crippen molar-refractivity contribution in [3.8, 4) is 0 Å². The topological polar surface area (TPSA) is 3.24 Å². The van der Waals surface area contributed by atoms with Crippen molar-refractivity contribution in [2.24, 2.45) is 5.41 Å². The third-order valence-corrected chi connectivity index (χ3v) is 5.59. The average molecular weight is 276 g/mol.